The van der Waals surface area contributed by atoms with Crippen LogP contribution in [0.1, 0.15) is 18.9 Å². The summed E-state index contributed by atoms with van der Waals surface area (Å²) in [6, 6.07) is 5.80. The number of rotatable bonds is 6. The van der Waals surface area contributed by atoms with E-state index in [4.69, 9.17) is 22.2 Å². The van der Waals surface area contributed by atoms with E-state index in [1.54, 1.807) is 6.07 Å². The van der Waals surface area contributed by atoms with Gasteiger partial charge in [0.15, 0.2) is 0 Å². The molecule has 2 aromatic rings. The van der Waals surface area contributed by atoms with Gasteiger partial charge in [-0.05, 0) is 25.0 Å². The zero-order valence-electron chi connectivity index (χ0n) is 11.9. The largest absolute Gasteiger partial charge is 0.463 e. The fourth-order valence-electron chi connectivity index (χ4n) is 1.64. The molecule has 112 valence electrons. The Morgan fingerprint density at radius 1 is 1.24 bits per heavy atom. The van der Waals surface area contributed by atoms with Gasteiger partial charge in [-0.1, -0.05) is 30.7 Å². The van der Waals surface area contributed by atoms with Crippen LogP contribution in [0.3, 0.4) is 0 Å². The van der Waals surface area contributed by atoms with Gasteiger partial charge in [-0.15, -0.1) is 0 Å². The van der Waals surface area contributed by atoms with Gasteiger partial charge >= 0.3 is 6.01 Å². The molecule has 0 radical (unpaired) electrons. The first-order valence-electron chi connectivity index (χ1n) is 6.51. The Bertz CT molecular complexity index is 601. The molecule has 0 fully saturated rings. The van der Waals surface area contributed by atoms with E-state index in [2.05, 4.69) is 25.7 Å². The minimum Gasteiger partial charge on any atom is -0.463 e. The Morgan fingerprint density at radius 3 is 2.67 bits per heavy atom. The van der Waals surface area contributed by atoms with Crippen molar-refractivity contribution in [2.45, 2.75) is 20.3 Å². The highest BCUT2D eigenvalue weighted by Crippen LogP contribution is 2.28. The number of nitrogens with two attached hydrogens (primary N) is 1. The summed E-state index contributed by atoms with van der Waals surface area (Å²) >= 11 is 6.17. The van der Waals surface area contributed by atoms with Crippen molar-refractivity contribution in [3.8, 4) is 6.01 Å². The fourth-order valence-corrected chi connectivity index (χ4v) is 1.91. The number of nitrogens with zero attached hydrogens (tertiary/aromatic N) is 3. The summed E-state index contributed by atoms with van der Waals surface area (Å²) in [6.45, 7) is 4.44. The standard InChI is InChI=1S/C13H17ClN6O/c1-3-7-21-13-18-11(17-12(19-13)20-15)16-10-8(2)5-4-6-9(10)14/h4-6H,3,7,15H2,1-2H3,(H2,16,17,18,19,20). The molecule has 1 aromatic carbocycles. The van der Waals surface area contributed by atoms with Crippen molar-refractivity contribution in [1.82, 2.24) is 15.0 Å². The number of hydrazine groups is 1. The smallest absolute Gasteiger partial charge is 0.323 e. The van der Waals surface area contributed by atoms with Crippen molar-refractivity contribution < 1.29 is 4.74 Å². The van der Waals surface area contributed by atoms with Crippen LogP contribution in [0.15, 0.2) is 18.2 Å². The number of halogens is 1. The summed E-state index contributed by atoms with van der Waals surface area (Å²) in [6.07, 6.45) is 0.851. The second-order valence-electron chi connectivity index (χ2n) is 4.31. The van der Waals surface area contributed by atoms with Gasteiger partial charge in [0, 0.05) is 0 Å². The van der Waals surface area contributed by atoms with Crippen LogP contribution in [-0.2, 0) is 0 Å². The summed E-state index contributed by atoms with van der Waals surface area (Å²) in [5, 5.41) is 3.64. The molecule has 1 heterocycles. The lowest BCUT2D eigenvalue weighted by Gasteiger charge is -2.11. The molecule has 0 amide bonds. The first-order chi connectivity index (χ1) is 10.1. The van der Waals surface area contributed by atoms with Crippen LogP contribution in [0.4, 0.5) is 17.6 Å². The predicted molar refractivity (Wildman–Crippen MR) is 82.9 cm³/mol. The normalized spacial score (nSPS) is 10.3. The summed E-state index contributed by atoms with van der Waals surface area (Å²) < 4.78 is 5.41. The number of ether oxygens (including phenoxy) is 1. The summed E-state index contributed by atoms with van der Waals surface area (Å²) in [5.74, 6) is 5.87. The van der Waals surface area contributed by atoms with Crippen LogP contribution in [-0.4, -0.2) is 21.6 Å². The van der Waals surface area contributed by atoms with E-state index in [0.29, 0.717) is 17.6 Å². The van der Waals surface area contributed by atoms with Gasteiger partial charge in [-0.2, -0.15) is 15.0 Å². The van der Waals surface area contributed by atoms with E-state index >= 15 is 0 Å². The van der Waals surface area contributed by atoms with Crippen LogP contribution >= 0.6 is 11.6 Å². The molecule has 0 aliphatic heterocycles. The first-order valence-corrected chi connectivity index (χ1v) is 6.89. The Balaban J connectivity index is 2.30. The maximum absolute atomic E-state index is 6.17. The van der Waals surface area contributed by atoms with Crippen LogP contribution in [0.25, 0.3) is 0 Å². The van der Waals surface area contributed by atoms with Gasteiger partial charge in [-0.25, -0.2) is 5.84 Å². The Kier molecular flexibility index (Phi) is 5.13. The summed E-state index contributed by atoms with van der Waals surface area (Å²) in [7, 11) is 0. The SMILES string of the molecule is CCCOc1nc(NN)nc(Nc2c(C)cccc2Cl)n1. The van der Waals surface area contributed by atoms with E-state index in [1.165, 1.54) is 0 Å². The highest BCUT2D eigenvalue weighted by atomic mass is 35.5. The van der Waals surface area contributed by atoms with Crippen molar-refractivity contribution in [1.29, 1.82) is 0 Å². The third-order valence-corrected chi connectivity index (χ3v) is 2.95. The zero-order chi connectivity index (χ0) is 15.2. The molecule has 1 aromatic heterocycles. The molecule has 0 saturated carbocycles. The molecule has 0 aliphatic carbocycles. The molecule has 0 spiro atoms. The lowest BCUT2D eigenvalue weighted by molar-refractivity contribution is 0.292. The fraction of sp³-hybridized carbons (Fsp3) is 0.308. The van der Waals surface area contributed by atoms with Crippen molar-refractivity contribution in [3.05, 3.63) is 28.8 Å². The van der Waals surface area contributed by atoms with Crippen molar-refractivity contribution in [2.75, 3.05) is 17.3 Å². The van der Waals surface area contributed by atoms with Crippen LogP contribution < -0.4 is 21.3 Å². The average molecular weight is 309 g/mol. The quantitative estimate of drug-likeness (QED) is 0.557. The number of aryl methyl sites for hydroxylation is 1. The lowest BCUT2D eigenvalue weighted by Crippen LogP contribution is -2.14. The second-order valence-corrected chi connectivity index (χ2v) is 4.72. The van der Waals surface area contributed by atoms with Crippen LogP contribution in [0, 0.1) is 6.92 Å². The maximum atomic E-state index is 6.17. The molecular weight excluding hydrogens is 292 g/mol. The van der Waals surface area contributed by atoms with Crippen molar-refractivity contribution in [3.63, 3.8) is 0 Å². The van der Waals surface area contributed by atoms with Gasteiger partial charge in [0.25, 0.3) is 0 Å². The number of benzene rings is 1. The number of hydrogen-bond acceptors (Lipinski definition) is 7. The number of hydrogen-bond donors (Lipinski definition) is 3. The first kappa shape index (κ1) is 15.3. The minimum atomic E-state index is 0.201. The zero-order valence-corrected chi connectivity index (χ0v) is 12.6. The van der Waals surface area contributed by atoms with Gasteiger partial charge < -0.3 is 10.1 Å². The van der Waals surface area contributed by atoms with Gasteiger partial charge in [-0.3, -0.25) is 5.43 Å². The third kappa shape index (κ3) is 3.93. The summed E-state index contributed by atoms with van der Waals surface area (Å²) in [4.78, 5) is 12.3. The maximum Gasteiger partial charge on any atom is 0.323 e. The Morgan fingerprint density at radius 2 is 2.00 bits per heavy atom. The Hall–Kier alpha value is -2.12. The van der Waals surface area contributed by atoms with Gasteiger partial charge in [0.2, 0.25) is 11.9 Å². The average Bonchev–Trinajstić information content (AvgIpc) is 2.49. The monoisotopic (exact) mass is 308 g/mol. The topological polar surface area (TPSA) is 98.0 Å². The molecule has 7 nitrogen and oxygen atoms in total. The molecule has 0 saturated heterocycles. The third-order valence-electron chi connectivity index (χ3n) is 2.64. The molecule has 0 atom stereocenters. The van der Waals surface area contributed by atoms with Crippen LogP contribution in [0.2, 0.25) is 5.02 Å². The van der Waals surface area contributed by atoms with Gasteiger partial charge in [0.05, 0.1) is 17.3 Å². The lowest BCUT2D eigenvalue weighted by atomic mass is 10.2. The molecule has 0 bridgehead atoms. The molecular formula is C13H17ClN6O. The van der Waals surface area contributed by atoms with E-state index < -0.39 is 0 Å². The molecule has 4 N–H and O–H groups in total. The molecule has 2 rings (SSSR count). The molecule has 8 heteroatoms. The van der Waals surface area contributed by atoms with E-state index in [1.807, 2.05) is 26.0 Å². The number of nitrogens with one attached hydrogen (secondary N) is 2. The predicted octanol–water partition coefficient (Wildman–Crippen LogP) is 2.65. The number of para-hydroxylation sites is 1. The van der Waals surface area contributed by atoms with E-state index in [9.17, 15) is 0 Å². The van der Waals surface area contributed by atoms with Crippen molar-refractivity contribution in [2.24, 2.45) is 5.84 Å². The highest BCUT2D eigenvalue weighted by molar-refractivity contribution is 6.33. The highest BCUT2D eigenvalue weighted by Gasteiger charge is 2.10. The number of aromatic nitrogens is 3. The number of nitrogen functional groups attached to an aromatic ring is 1. The molecule has 0 unspecified atom stereocenters. The van der Waals surface area contributed by atoms with E-state index in [-0.39, 0.29) is 12.0 Å². The van der Waals surface area contributed by atoms with Crippen LogP contribution in [0.5, 0.6) is 6.01 Å². The van der Waals surface area contributed by atoms with E-state index in [0.717, 1.165) is 17.7 Å². The van der Waals surface area contributed by atoms with Crippen molar-refractivity contribution >= 4 is 29.2 Å². The Labute approximate surface area is 127 Å². The summed E-state index contributed by atoms with van der Waals surface area (Å²) in [5.41, 5.74) is 4.09. The minimum absolute atomic E-state index is 0.201. The second kappa shape index (κ2) is 7.05. The molecule has 0 aliphatic rings. The van der Waals surface area contributed by atoms with Gasteiger partial charge in [0.1, 0.15) is 0 Å². The molecule has 21 heavy (non-hydrogen) atoms. The number of anilines is 3.